The standard InChI is InChI=1S/C23H23N5O2/c1-15-13-28(14-25-15)18-12-26-23(21(18)30-2,17-8-4-3-5-9-17)22-24-11-16-7-6-10-19(29)20(16)27-22/h3-5,8-9,11-14,19,29H,6-7,10H2,1-2H3. The maximum absolute atomic E-state index is 10.6. The van der Waals surface area contributed by atoms with E-state index in [2.05, 4.69) is 4.98 Å². The molecular formula is C23H23N5O2. The van der Waals surface area contributed by atoms with Crippen LogP contribution in [0.3, 0.4) is 0 Å². The Morgan fingerprint density at radius 3 is 2.77 bits per heavy atom. The summed E-state index contributed by atoms with van der Waals surface area (Å²) in [5.41, 5.74) is 3.24. The number of aromatic nitrogens is 4. The highest BCUT2D eigenvalue weighted by atomic mass is 16.5. The first-order valence-electron chi connectivity index (χ1n) is 10.1. The Bertz CT molecular complexity index is 1150. The largest absolute Gasteiger partial charge is 0.495 e. The van der Waals surface area contributed by atoms with Gasteiger partial charge in [-0.2, -0.15) is 0 Å². The van der Waals surface area contributed by atoms with Crippen LogP contribution >= 0.6 is 0 Å². The predicted octanol–water partition coefficient (Wildman–Crippen LogP) is 3.19. The average Bonchev–Trinajstić information content (AvgIpc) is 3.38. The van der Waals surface area contributed by atoms with Gasteiger partial charge in [0.15, 0.2) is 11.6 Å². The SMILES string of the molecule is COC1=C(n2cnc(C)c2)C=NC1(c1ccccc1)c1ncc2c(n1)C(O)CCC2. The number of ether oxygens (including phenoxy) is 1. The third-order valence-corrected chi connectivity index (χ3v) is 5.79. The molecule has 3 aromatic rings. The van der Waals surface area contributed by atoms with Crippen molar-refractivity contribution >= 4 is 11.9 Å². The van der Waals surface area contributed by atoms with Gasteiger partial charge in [-0.3, -0.25) is 4.99 Å². The Labute approximate surface area is 174 Å². The number of aliphatic imine (C=N–C) groups is 1. The summed E-state index contributed by atoms with van der Waals surface area (Å²) in [6.45, 7) is 1.94. The number of aliphatic hydroxyl groups is 1. The molecule has 1 aromatic carbocycles. The van der Waals surface area contributed by atoms with Crippen molar-refractivity contribution in [2.24, 2.45) is 4.99 Å². The van der Waals surface area contributed by atoms with Gasteiger partial charge in [-0.25, -0.2) is 15.0 Å². The number of imidazole rings is 1. The average molecular weight is 401 g/mol. The maximum atomic E-state index is 10.6. The summed E-state index contributed by atoms with van der Waals surface area (Å²) in [7, 11) is 1.64. The normalized spacial score (nSPS) is 23.0. The summed E-state index contributed by atoms with van der Waals surface area (Å²) in [6, 6.07) is 9.89. The topological polar surface area (TPSA) is 85.4 Å². The minimum absolute atomic E-state index is 0.494. The molecule has 2 atom stereocenters. The molecule has 2 aromatic heterocycles. The van der Waals surface area contributed by atoms with E-state index in [1.54, 1.807) is 19.7 Å². The molecule has 152 valence electrons. The van der Waals surface area contributed by atoms with Crippen molar-refractivity contribution in [1.29, 1.82) is 0 Å². The Morgan fingerprint density at radius 2 is 2.03 bits per heavy atom. The van der Waals surface area contributed by atoms with E-state index >= 15 is 0 Å². The van der Waals surface area contributed by atoms with Crippen molar-refractivity contribution in [3.05, 3.63) is 83.2 Å². The summed E-state index contributed by atoms with van der Waals surface area (Å²) in [5.74, 6) is 1.12. The van der Waals surface area contributed by atoms with Gasteiger partial charge in [0.1, 0.15) is 5.70 Å². The fourth-order valence-corrected chi connectivity index (χ4v) is 4.32. The fraction of sp³-hybridized carbons (Fsp3) is 0.304. The Kier molecular flexibility index (Phi) is 4.47. The van der Waals surface area contributed by atoms with Crippen molar-refractivity contribution in [3.63, 3.8) is 0 Å². The van der Waals surface area contributed by atoms with Crippen LogP contribution in [0.4, 0.5) is 0 Å². The summed E-state index contributed by atoms with van der Waals surface area (Å²) < 4.78 is 7.85. The van der Waals surface area contributed by atoms with E-state index in [1.807, 2.05) is 54.2 Å². The number of methoxy groups -OCH3 is 1. The Hall–Kier alpha value is -3.32. The van der Waals surface area contributed by atoms with E-state index in [4.69, 9.17) is 19.7 Å². The quantitative estimate of drug-likeness (QED) is 0.726. The van der Waals surface area contributed by atoms with Crippen LogP contribution in [0.2, 0.25) is 0 Å². The van der Waals surface area contributed by atoms with Gasteiger partial charge in [0, 0.05) is 12.4 Å². The molecule has 2 aliphatic rings. The lowest BCUT2D eigenvalue weighted by molar-refractivity contribution is 0.150. The fourth-order valence-electron chi connectivity index (χ4n) is 4.32. The molecule has 0 saturated heterocycles. The Morgan fingerprint density at radius 1 is 1.20 bits per heavy atom. The number of aryl methyl sites for hydroxylation is 2. The number of hydrogen-bond donors (Lipinski definition) is 1. The second kappa shape index (κ2) is 7.18. The van der Waals surface area contributed by atoms with E-state index in [0.717, 1.165) is 35.4 Å². The second-order valence-electron chi connectivity index (χ2n) is 7.69. The molecule has 0 spiro atoms. The minimum Gasteiger partial charge on any atom is -0.495 e. The number of allylic oxidation sites excluding steroid dienone is 1. The van der Waals surface area contributed by atoms with Crippen LogP contribution < -0.4 is 0 Å². The molecular weight excluding hydrogens is 378 g/mol. The molecule has 1 N–H and O–H groups in total. The lowest BCUT2D eigenvalue weighted by Gasteiger charge is -2.30. The molecule has 7 heteroatoms. The first kappa shape index (κ1) is 18.7. The van der Waals surface area contributed by atoms with Crippen LogP contribution in [0.1, 0.15) is 47.3 Å². The van der Waals surface area contributed by atoms with E-state index in [1.165, 1.54) is 0 Å². The smallest absolute Gasteiger partial charge is 0.204 e. The molecule has 1 aliphatic carbocycles. The second-order valence-corrected chi connectivity index (χ2v) is 7.69. The summed E-state index contributed by atoms with van der Waals surface area (Å²) in [4.78, 5) is 18.8. The van der Waals surface area contributed by atoms with Gasteiger partial charge < -0.3 is 14.4 Å². The molecule has 0 saturated carbocycles. The number of rotatable bonds is 4. The zero-order chi connectivity index (χ0) is 20.7. The third-order valence-electron chi connectivity index (χ3n) is 5.79. The maximum Gasteiger partial charge on any atom is 0.204 e. The van der Waals surface area contributed by atoms with Crippen molar-refractivity contribution in [2.45, 2.75) is 37.8 Å². The van der Waals surface area contributed by atoms with Crippen LogP contribution in [0.5, 0.6) is 0 Å². The van der Waals surface area contributed by atoms with Gasteiger partial charge in [0.2, 0.25) is 5.54 Å². The predicted molar refractivity (Wildman–Crippen MR) is 113 cm³/mol. The molecule has 0 bridgehead atoms. The van der Waals surface area contributed by atoms with Crippen molar-refractivity contribution in [1.82, 2.24) is 19.5 Å². The summed E-state index contributed by atoms with van der Waals surface area (Å²) >= 11 is 0. The van der Waals surface area contributed by atoms with E-state index in [-0.39, 0.29) is 0 Å². The summed E-state index contributed by atoms with van der Waals surface area (Å²) in [6.07, 6.45) is 9.22. The zero-order valence-electron chi connectivity index (χ0n) is 17.0. The van der Waals surface area contributed by atoms with E-state index in [9.17, 15) is 5.11 Å². The Balaban J connectivity index is 1.76. The van der Waals surface area contributed by atoms with Crippen LogP contribution in [-0.2, 0) is 16.7 Å². The van der Waals surface area contributed by atoms with Crippen LogP contribution in [0, 0.1) is 6.92 Å². The molecule has 30 heavy (non-hydrogen) atoms. The van der Waals surface area contributed by atoms with Crippen molar-refractivity contribution < 1.29 is 9.84 Å². The van der Waals surface area contributed by atoms with Crippen LogP contribution in [0.25, 0.3) is 5.70 Å². The van der Waals surface area contributed by atoms with E-state index < -0.39 is 11.6 Å². The molecule has 0 fully saturated rings. The molecule has 1 aliphatic heterocycles. The highest BCUT2D eigenvalue weighted by Gasteiger charge is 2.47. The van der Waals surface area contributed by atoms with Gasteiger partial charge in [-0.1, -0.05) is 30.3 Å². The lowest BCUT2D eigenvalue weighted by atomic mass is 9.86. The van der Waals surface area contributed by atoms with Crippen LogP contribution in [-0.4, -0.2) is 37.9 Å². The van der Waals surface area contributed by atoms with Gasteiger partial charge in [-0.15, -0.1) is 0 Å². The zero-order valence-corrected chi connectivity index (χ0v) is 17.0. The number of hydrogen-bond acceptors (Lipinski definition) is 6. The highest BCUT2D eigenvalue weighted by molar-refractivity contribution is 6.07. The first-order valence-corrected chi connectivity index (χ1v) is 10.1. The van der Waals surface area contributed by atoms with Gasteiger partial charge in [0.25, 0.3) is 0 Å². The molecule has 5 rings (SSSR count). The van der Waals surface area contributed by atoms with Crippen molar-refractivity contribution in [3.8, 4) is 0 Å². The number of nitrogens with zero attached hydrogens (tertiary/aromatic N) is 5. The molecule has 2 unspecified atom stereocenters. The van der Waals surface area contributed by atoms with Gasteiger partial charge >= 0.3 is 0 Å². The molecule has 3 heterocycles. The lowest BCUT2D eigenvalue weighted by Crippen LogP contribution is -2.31. The number of aliphatic hydroxyl groups excluding tert-OH is 1. The first-order chi connectivity index (χ1) is 14.6. The molecule has 0 amide bonds. The van der Waals surface area contributed by atoms with Gasteiger partial charge in [0.05, 0.1) is 37.1 Å². The minimum atomic E-state index is -1.03. The molecule has 0 radical (unpaired) electrons. The molecule has 7 nitrogen and oxygen atoms in total. The number of fused-ring (bicyclic) bond motifs is 1. The monoisotopic (exact) mass is 401 g/mol. The van der Waals surface area contributed by atoms with Crippen LogP contribution in [0.15, 0.2) is 59.8 Å². The number of benzene rings is 1. The highest BCUT2D eigenvalue weighted by Crippen LogP contribution is 2.45. The van der Waals surface area contributed by atoms with E-state index in [0.29, 0.717) is 23.7 Å². The third kappa shape index (κ3) is 2.77. The van der Waals surface area contributed by atoms with Crippen molar-refractivity contribution in [2.75, 3.05) is 7.11 Å². The van der Waals surface area contributed by atoms with Gasteiger partial charge in [-0.05, 0) is 37.3 Å². The summed E-state index contributed by atoms with van der Waals surface area (Å²) in [5, 5.41) is 10.6.